The molecule has 2 rings (SSSR count). The number of nitrogens with zero attached hydrogens (tertiary/aromatic N) is 1. The molecule has 0 unspecified atom stereocenters. The van der Waals surface area contributed by atoms with Gasteiger partial charge in [0.25, 0.3) is 0 Å². The van der Waals surface area contributed by atoms with Gasteiger partial charge in [-0.15, -0.1) is 0 Å². The van der Waals surface area contributed by atoms with E-state index >= 15 is 0 Å². The number of aromatic nitrogens is 1. The lowest BCUT2D eigenvalue weighted by Crippen LogP contribution is -2.37. The zero-order valence-corrected chi connectivity index (χ0v) is 8.77. The number of nitrogens with two attached hydrogens (primary N) is 2. The topological polar surface area (TPSA) is 103 Å². The number of nitrogen functional groups attached to an aromatic ring is 1. The Morgan fingerprint density at radius 3 is 3.00 bits per heavy atom. The maximum Gasteiger partial charge on any atom is 0.405 e. The van der Waals surface area contributed by atoms with Crippen molar-refractivity contribution in [2.45, 2.75) is 12.0 Å². The Balaban J connectivity index is 2.39. The lowest BCUT2D eigenvalue weighted by Gasteiger charge is -2.28. The molecule has 0 saturated carbocycles. The second-order valence-corrected chi connectivity index (χ2v) is 3.81. The van der Waals surface area contributed by atoms with Gasteiger partial charge in [-0.25, -0.2) is 4.79 Å². The molecule has 1 amide bonds. The third kappa shape index (κ3) is 1.79. The molecule has 86 valence electrons. The molecule has 1 aliphatic rings. The van der Waals surface area contributed by atoms with E-state index in [0.29, 0.717) is 18.7 Å². The second-order valence-electron chi connectivity index (χ2n) is 3.81. The van der Waals surface area contributed by atoms with Crippen LogP contribution in [0.5, 0.6) is 0 Å². The zero-order valence-electron chi connectivity index (χ0n) is 8.77. The van der Waals surface area contributed by atoms with E-state index in [2.05, 4.69) is 10.3 Å². The number of amides is 1. The summed E-state index contributed by atoms with van der Waals surface area (Å²) in [6.07, 6.45) is 3.03. The first kappa shape index (κ1) is 10.7. The number of anilines is 1. The van der Waals surface area contributed by atoms with Gasteiger partial charge in [0.2, 0.25) is 0 Å². The fourth-order valence-corrected chi connectivity index (χ4v) is 2.06. The van der Waals surface area contributed by atoms with Crippen molar-refractivity contribution in [3.8, 4) is 0 Å². The number of nitrogens with one attached hydrogen (secondary N) is 1. The van der Waals surface area contributed by atoms with Gasteiger partial charge < -0.3 is 21.5 Å². The highest BCUT2D eigenvalue weighted by Gasteiger charge is 2.40. The van der Waals surface area contributed by atoms with Crippen molar-refractivity contribution in [3.05, 3.63) is 24.0 Å². The number of ether oxygens (including phenoxy) is 1. The summed E-state index contributed by atoms with van der Waals surface area (Å²) >= 11 is 0. The summed E-state index contributed by atoms with van der Waals surface area (Å²) in [6, 6.07) is 1.76. The molecule has 0 aliphatic carbocycles. The van der Waals surface area contributed by atoms with Gasteiger partial charge in [-0.3, -0.25) is 4.98 Å². The van der Waals surface area contributed by atoms with Gasteiger partial charge in [0, 0.05) is 24.7 Å². The van der Waals surface area contributed by atoms with Crippen molar-refractivity contribution in [2.75, 3.05) is 18.8 Å². The van der Waals surface area contributed by atoms with E-state index in [1.807, 2.05) is 0 Å². The maximum atomic E-state index is 11.0. The van der Waals surface area contributed by atoms with Crippen LogP contribution >= 0.6 is 0 Å². The van der Waals surface area contributed by atoms with Crippen LogP contribution in [0.4, 0.5) is 10.5 Å². The highest BCUT2D eigenvalue weighted by molar-refractivity contribution is 5.66. The van der Waals surface area contributed by atoms with Crippen molar-refractivity contribution in [3.63, 3.8) is 0 Å². The quantitative estimate of drug-likeness (QED) is 0.650. The van der Waals surface area contributed by atoms with Gasteiger partial charge in [-0.05, 0) is 12.6 Å². The molecular formula is C10H14N4O2. The minimum Gasteiger partial charge on any atom is -0.437 e. The van der Waals surface area contributed by atoms with E-state index in [-0.39, 0.29) is 0 Å². The van der Waals surface area contributed by atoms with Crippen molar-refractivity contribution in [1.29, 1.82) is 0 Å². The van der Waals surface area contributed by atoms with Gasteiger partial charge in [0.15, 0.2) is 5.60 Å². The summed E-state index contributed by atoms with van der Waals surface area (Å²) in [6.45, 7) is 1.28. The standard InChI is InChI=1S/C10H14N4O2/c11-8-5-13-3-1-7(8)10(16-9(12)15)2-4-14-6-10/h1,3,5,14H,2,4,6,11H2,(H2,12,15)/t10-/m1/s1. The number of primary amides is 1. The number of hydrogen-bond donors (Lipinski definition) is 3. The van der Waals surface area contributed by atoms with Crippen LogP contribution < -0.4 is 16.8 Å². The average molecular weight is 222 g/mol. The molecule has 1 atom stereocenters. The minimum atomic E-state index is -0.792. The van der Waals surface area contributed by atoms with Crippen molar-refractivity contribution >= 4 is 11.8 Å². The summed E-state index contributed by atoms with van der Waals surface area (Å²) < 4.78 is 5.23. The molecular weight excluding hydrogens is 208 g/mol. The van der Waals surface area contributed by atoms with Crippen LogP contribution in [-0.4, -0.2) is 24.2 Å². The molecule has 6 nitrogen and oxygen atoms in total. The third-order valence-electron chi connectivity index (χ3n) is 2.75. The van der Waals surface area contributed by atoms with Crippen LogP contribution in [0.2, 0.25) is 0 Å². The Labute approximate surface area is 93.0 Å². The molecule has 0 bridgehead atoms. The van der Waals surface area contributed by atoms with Gasteiger partial charge in [-0.1, -0.05) is 0 Å². The molecule has 1 aliphatic heterocycles. The van der Waals surface area contributed by atoms with Gasteiger partial charge in [0.1, 0.15) is 0 Å². The van der Waals surface area contributed by atoms with Crippen LogP contribution in [0.3, 0.4) is 0 Å². The lowest BCUT2D eigenvalue weighted by atomic mass is 9.92. The van der Waals surface area contributed by atoms with E-state index in [9.17, 15) is 4.79 Å². The number of pyridine rings is 1. The lowest BCUT2D eigenvalue weighted by molar-refractivity contribution is 0.0296. The van der Waals surface area contributed by atoms with E-state index < -0.39 is 11.7 Å². The Morgan fingerprint density at radius 2 is 2.44 bits per heavy atom. The van der Waals surface area contributed by atoms with E-state index in [0.717, 1.165) is 12.1 Å². The molecule has 0 spiro atoms. The Hall–Kier alpha value is -1.82. The van der Waals surface area contributed by atoms with E-state index in [1.165, 1.54) is 0 Å². The first-order chi connectivity index (χ1) is 7.64. The number of carbonyl (C=O) groups is 1. The fourth-order valence-electron chi connectivity index (χ4n) is 2.06. The van der Waals surface area contributed by atoms with Gasteiger partial charge in [0.05, 0.1) is 11.9 Å². The van der Waals surface area contributed by atoms with Crippen LogP contribution in [0.25, 0.3) is 0 Å². The normalized spacial score (nSPS) is 24.2. The Morgan fingerprint density at radius 1 is 1.62 bits per heavy atom. The molecule has 16 heavy (non-hydrogen) atoms. The smallest absolute Gasteiger partial charge is 0.405 e. The molecule has 1 saturated heterocycles. The summed E-state index contributed by atoms with van der Waals surface area (Å²) in [5.74, 6) is 0. The van der Waals surface area contributed by atoms with Crippen LogP contribution in [0.1, 0.15) is 12.0 Å². The highest BCUT2D eigenvalue weighted by atomic mass is 16.6. The Bertz CT molecular complexity index is 402. The SMILES string of the molecule is NC(=O)O[C@]1(c2ccncc2N)CCNC1. The summed E-state index contributed by atoms with van der Waals surface area (Å²) in [4.78, 5) is 14.9. The number of carbonyl (C=O) groups excluding carboxylic acids is 1. The molecule has 0 radical (unpaired) electrons. The second kappa shape index (κ2) is 3.97. The predicted molar refractivity (Wildman–Crippen MR) is 58.5 cm³/mol. The summed E-state index contributed by atoms with van der Waals surface area (Å²) in [7, 11) is 0. The van der Waals surface area contributed by atoms with Crippen molar-refractivity contribution < 1.29 is 9.53 Å². The fraction of sp³-hybridized carbons (Fsp3) is 0.400. The molecule has 1 fully saturated rings. The average Bonchev–Trinajstić information content (AvgIpc) is 2.67. The van der Waals surface area contributed by atoms with Gasteiger partial charge >= 0.3 is 6.09 Å². The molecule has 2 heterocycles. The third-order valence-corrected chi connectivity index (χ3v) is 2.75. The molecule has 6 heteroatoms. The first-order valence-electron chi connectivity index (χ1n) is 5.03. The van der Waals surface area contributed by atoms with Crippen LogP contribution in [0.15, 0.2) is 18.5 Å². The number of rotatable bonds is 2. The van der Waals surface area contributed by atoms with Crippen LogP contribution in [-0.2, 0) is 10.3 Å². The van der Waals surface area contributed by atoms with Crippen molar-refractivity contribution in [2.24, 2.45) is 5.73 Å². The molecule has 0 aromatic carbocycles. The summed E-state index contributed by atoms with van der Waals surface area (Å²) in [5.41, 5.74) is 11.4. The van der Waals surface area contributed by atoms with Crippen molar-refractivity contribution in [1.82, 2.24) is 10.3 Å². The zero-order chi connectivity index (χ0) is 11.6. The molecule has 1 aromatic heterocycles. The summed E-state index contributed by atoms with van der Waals surface area (Å²) in [5, 5.41) is 3.14. The van der Waals surface area contributed by atoms with E-state index in [4.69, 9.17) is 16.2 Å². The Kier molecular flexibility index (Phi) is 2.66. The van der Waals surface area contributed by atoms with Crippen LogP contribution in [0, 0.1) is 0 Å². The largest absolute Gasteiger partial charge is 0.437 e. The highest BCUT2D eigenvalue weighted by Crippen LogP contribution is 2.34. The minimum absolute atomic E-state index is 0.507. The maximum absolute atomic E-state index is 11.0. The first-order valence-corrected chi connectivity index (χ1v) is 5.03. The predicted octanol–water partition coefficient (Wildman–Crippen LogP) is -0.0523. The monoisotopic (exact) mass is 222 g/mol. The van der Waals surface area contributed by atoms with E-state index in [1.54, 1.807) is 18.5 Å². The molecule has 5 N–H and O–H groups in total. The van der Waals surface area contributed by atoms with Gasteiger partial charge in [-0.2, -0.15) is 0 Å². The number of hydrogen-bond acceptors (Lipinski definition) is 5. The molecule has 1 aromatic rings.